The van der Waals surface area contributed by atoms with E-state index in [1.54, 1.807) is 12.1 Å². The molecule has 0 aliphatic rings. The van der Waals surface area contributed by atoms with Crippen molar-refractivity contribution in [2.45, 2.75) is 6.42 Å². The number of hydrogen-bond donors (Lipinski definition) is 2. The van der Waals surface area contributed by atoms with E-state index in [-0.39, 0.29) is 18.3 Å². The molecule has 0 atom stereocenters. The first-order chi connectivity index (χ1) is 8.58. The van der Waals surface area contributed by atoms with Crippen molar-refractivity contribution in [2.24, 2.45) is 0 Å². The summed E-state index contributed by atoms with van der Waals surface area (Å²) in [5.41, 5.74) is 0.610. The van der Waals surface area contributed by atoms with E-state index in [1.807, 2.05) is 14.1 Å². The van der Waals surface area contributed by atoms with Crippen LogP contribution in [0.4, 0.5) is 10.1 Å². The van der Waals surface area contributed by atoms with Gasteiger partial charge in [-0.1, -0.05) is 6.07 Å². The summed E-state index contributed by atoms with van der Waals surface area (Å²) in [7, 11) is 3.99. The van der Waals surface area contributed by atoms with Crippen LogP contribution in [0.1, 0.15) is 6.42 Å². The molecule has 0 unspecified atom stereocenters. The first kappa shape index (κ1) is 14.4. The highest BCUT2D eigenvalue weighted by molar-refractivity contribution is 5.80. The lowest BCUT2D eigenvalue weighted by atomic mass is 10.3. The maximum absolute atomic E-state index is 12.9. The second kappa shape index (κ2) is 7.66. The molecule has 4 nitrogen and oxygen atoms in total. The summed E-state index contributed by atoms with van der Waals surface area (Å²) in [6, 6.07) is 6.06. The molecule has 1 aromatic carbocycles. The van der Waals surface area contributed by atoms with Gasteiger partial charge in [-0.05, 0) is 45.3 Å². The van der Waals surface area contributed by atoms with E-state index >= 15 is 0 Å². The van der Waals surface area contributed by atoms with Crippen molar-refractivity contribution in [2.75, 3.05) is 39.0 Å². The Hall–Kier alpha value is -1.62. The highest BCUT2D eigenvalue weighted by Gasteiger charge is 2.01. The number of rotatable bonds is 7. The molecule has 0 saturated heterocycles. The number of nitrogens with zero attached hydrogens (tertiary/aromatic N) is 1. The normalized spacial score (nSPS) is 10.4. The fourth-order valence-electron chi connectivity index (χ4n) is 1.47. The lowest BCUT2D eigenvalue weighted by Gasteiger charge is -2.10. The van der Waals surface area contributed by atoms with Gasteiger partial charge in [0.05, 0.1) is 6.54 Å². The van der Waals surface area contributed by atoms with E-state index in [4.69, 9.17) is 0 Å². The van der Waals surface area contributed by atoms with Gasteiger partial charge >= 0.3 is 0 Å². The van der Waals surface area contributed by atoms with Gasteiger partial charge in [-0.25, -0.2) is 4.39 Å². The van der Waals surface area contributed by atoms with Crippen molar-refractivity contribution in [3.05, 3.63) is 30.1 Å². The standard InChI is InChI=1S/C13H20FN3O/c1-17(2)8-4-7-15-13(18)10-16-12-6-3-5-11(14)9-12/h3,5-6,9,16H,4,7-8,10H2,1-2H3,(H,15,18). The molecule has 2 N–H and O–H groups in total. The summed E-state index contributed by atoms with van der Waals surface area (Å²) in [4.78, 5) is 13.5. The van der Waals surface area contributed by atoms with Crippen molar-refractivity contribution in [1.82, 2.24) is 10.2 Å². The summed E-state index contributed by atoms with van der Waals surface area (Å²) < 4.78 is 12.9. The molecule has 5 heteroatoms. The van der Waals surface area contributed by atoms with Crippen LogP contribution in [-0.4, -0.2) is 44.5 Å². The molecule has 0 aromatic heterocycles. The van der Waals surface area contributed by atoms with Gasteiger partial charge in [-0.3, -0.25) is 4.79 Å². The molecule has 0 spiro atoms. The molecule has 1 amide bonds. The van der Waals surface area contributed by atoms with Crippen LogP contribution in [0.5, 0.6) is 0 Å². The van der Waals surface area contributed by atoms with Gasteiger partial charge in [0.15, 0.2) is 0 Å². The van der Waals surface area contributed by atoms with Crippen LogP contribution in [-0.2, 0) is 4.79 Å². The van der Waals surface area contributed by atoms with Crippen molar-refractivity contribution in [1.29, 1.82) is 0 Å². The largest absolute Gasteiger partial charge is 0.376 e. The molecule has 0 saturated carbocycles. The molecule has 0 aliphatic carbocycles. The Bertz CT molecular complexity index is 382. The van der Waals surface area contributed by atoms with Crippen LogP contribution in [0.2, 0.25) is 0 Å². The molecule has 0 bridgehead atoms. The van der Waals surface area contributed by atoms with Crippen LogP contribution in [0.3, 0.4) is 0 Å². The fraction of sp³-hybridized carbons (Fsp3) is 0.462. The Balaban J connectivity index is 2.17. The van der Waals surface area contributed by atoms with Crippen LogP contribution in [0.15, 0.2) is 24.3 Å². The summed E-state index contributed by atoms with van der Waals surface area (Å²) in [6.07, 6.45) is 0.915. The minimum Gasteiger partial charge on any atom is -0.376 e. The van der Waals surface area contributed by atoms with Crippen molar-refractivity contribution < 1.29 is 9.18 Å². The Kier molecular flexibility index (Phi) is 6.14. The number of nitrogens with one attached hydrogen (secondary N) is 2. The SMILES string of the molecule is CN(C)CCCNC(=O)CNc1cccc(F)c1. The molecule has 0 aliphatic heterocycles. The third-order valence-corrected chi connectivity index (χ3v) is 2.38. The lowest BCUT2D eigenvalue weighted by molar-refractivity contribution is -0.119. The zero-order chi connectivity index (χ0) is 13.4. The molecule has 0 heterocycles. The predicted molar refractivity (Wildman–Crippen MR) is 71.1 cm³/mol. The van der Waals surface area contributed by atoms with E-state index in [0.29, 0.717) is 12.2 Å². The molecule has 1 aromatic rings. The first-order valence-electron chi connectivity index (χ1n) is 5.99. The zero-order valence-corrected chi connectivity index (χ0v) is 10.9. The molecular weight excluding hydrogens is 233 g/mol. The van der Waals surface area contributed by atoms with E-state index < -0.39 is 0 Å². The van der Waals surface area contributed by atoms with Crippen LogP contribution in [0, 0.1) is 5.82 Å². The molecule has 0 radical (unpaired) electrons. The highest BCUT2D eigenvalue weighted by atomic mass is 19.1. The van der Waals surface area contributed by atoms with Crippen LogP contribution in [0.25, 0.3) is 0 Å². The Morgan fingerprint density at radius 3 is 2.83 bits per heavy atom. The van der Waals surface area contributed by atoms with E-state index in [9.17, 15) is 9.18 Å². The summed E-state index contributed by atoms with van der Waals surface area (Å²) in [5.74, 6) is -0.399. The molecule has 100 valence electrons. The topological polar surface area (TPSA) is 44.4 Å². The van der Waals surface area contributed by atoms with Gasteiger partial charge in [0.2, 0.25) is 5.91 Å². The smallest absolute Gasteiger partial charge is 0.239 e. The first-order valence-corrected chi connectivity index (χ1v) is 5.99. The van der Waals surface area contributed by atoms with Gasteiger partial charge in [-0.15, -0.1) is 0 Å². The Morgan fingerprint density at radius 1 is 1.39 bits per heavy atom. The van der Waals surface area contributed by atoms with Crippen LogP contribution < -0.4 is 10.6 Å². The summed E-state index contributed by atoms with van der Waals surface area (Å²) in [5, 5.41) is 5.67. The maximum Gasteiger partial charge on any atom is 0.239 e. The van der Waals surface area contributed by atoms with Gasteiger partial charge < -0.3 is 15.5 Å². The molecule has 1 rings (SSSR count). The maximum atomic E-state index is 12.9. The van der Waals surface area contributed by atoms with Gasteiger partial charge in [0.25, 0.3) is 0 Å². The quantitative estimate of drug-likeness (QED) is 0.720. The number of hydrogen-bond acceptors (Lipinski definition) is 3. The van der Waals surface area contributed by atoms with Gasteiger partial charge in [-0.2, -0.15) is 0 Å². The Morgan fingerprint density at radius 2 is 2.17 bits per heavy atom. The third-order valence-electron chi connectivity index (χ3n) is 2.38. The van der Waals surface area contributed by atoms with Crippen molar-refractivity contribution in [3.63, 3.8) is 0 Å². The van der Waals surface area contributed by atoms with E-state index in [1.165, 1.54) is 12.1 Å². The highest BCUT2D eigenvalue weighted by Crippen LogP contribution is 2.07. The lowest BCUT2D eigenvalue weighted by Crippen LogP contribution is -2.31. The summed E-state index contributed by atoms with van der Waals surface area (Å²) >= 11 is 0. The molecule has 18 heavy (non-hydrogen) atoms. The fourth-order valence-corrected chi connectivity index (χ4v) is 1.47. The second-order valence-electron chi connectivity index (χ2n) is 4.37. The number of benzene rings is 1. The number of halogens is 1. The predicted octanol–water partition coefficient (Wildman–Crippen LogP) is 1.31. The van der Waals surface area contributed by atoms with Gasteiger partial charge in [0, 0.05) is 12.2 Å². The van der Waals surface area contributed by atoms with E-state index in [0.717, 1.165) is 13.0 Å². The van der Waals surface area contributed by atoms with Gasteiger partial charge in [0.1, 0.15) is 5.82 Å². The van der Waals surface area contributed by atoms with Crippen molar-refractivity contribution in [3.8, 4) is 0 Å². The van der Waals surface area contributed by atoms with E-state index in [2.05, 4.69) is 15.5 Å². The second-order valence-corrected chi connectivity index (χ2v) is 4.37. The monoisotopic (exact) mass is 253 g/mol. The minimum absolute atomic E-state index is 0.0852. The molecule has 0 fully saturated rings. The third kappa shape index (κ3) is 6.20. The summed E-state index contributed by atoms with van der Waals surface area (Å²) in [6.45, 7) is 1.75. The van der Waals surface area contributed by atoms with Crippen LogP contribution >= 0.6 is 0 Å². The number of carbonyl (C=O) groups excluding carboxylic acids is 1. The minimum atomic E-state index is -0.314. The number of carbonyl (C=O) groups is 1. The molecular formula is C13H20FN3O. The van der Waals surface area contributed by atoms with Crippen molar-refractivity contribution >= 4 is 11.6 Å². The Labute approximate surface area is 107 Å². The average molecular weight is 253 g/mol. The number of amides is 1. The number of anilines is 1. The average Bonchev–Trinajstić information content (AvgIpc) is 2.32. The zero-order valence-electron chi connectivity index (χ0n) is 10.9.